The maximum Gasteiger partial charge on any atom is 0.338 e. The summed E-state index contributed by atoms with van der Waals surface area (Å²) in [6.45, 7) is 3.96. The lowest BCUT2D eigenvalue weighted by Gasteiger charge is -2.10. The lowest BCUT2D eigenvalue weighted by atomic mass is 10.1. The van der Waals surface area contributed by atoms with E-state index in [9.17, 15) is 9.59 Å². The number of aryl methyl sites for hydroxylation is 1. The predicted octanol–water partition coefficient (Wildman–Crippen LogP) is 3.35. The number of esters is 1. The predicted molar refractivity (Wildman–Crippen MR) is 85.9 cm³/mol. The van der Waals surface area contributed by atoms with Gasteiger partial charge in [-0.05, 0) is 43.2 Å². The van der Waals surface area contributed by atoms with Gasteiger partial charge in [-0.2, -0.15) is 0 Å². The molecule has 1 amide bonds. The van der Waals surface area contributed by atoms with Crippen LogP contribution in [0.5, 0.6) is 0 Å². The third-order valence-corrected chi connectivity index (χ3v) is 3.22. The lowest BCUT2D eigenvalue weighted by Crippen LogP contribution is -2.15. The summed E-state index contributed by atoms with van der Waals surface area (Å²) in [5.74, 6) is -0.439. The number of carbonyl (C=O) groups excluding carboxylic acids is 2. The van der Waals surface area contributed by atoms with Crippen LogP contribution >= 0.6 is 0 Å². The Hall–Kier alpha value is -2.62. The van der Waals surface area contributed by atoms with Crippen molar-refractivity contribution in [2.45, 2.75) is 20.3 Å². The fourth-order valence-corrected chi connectivity index (χ4v) is 2.12. The van der Waals surface area contributed by atoms with Gasteiger partial charge in [-0.15, -0.1) is 0 Å². The van der Waals surface area contributed by atoms with E-state index in [0.29, 0.717) is 24.3 Å². The molecular weight excluding hydrogens is 278 g/mol. The molecule has 0 aliphatic carbocycles. The Labute approximate surface area is 130 Å². The molecule has 0 aliphatic heterocycles. The number of amides is 1. The molecule has 0 unspecified atom stereocenters. The minimum atomic E-state index is -0.354. The van der Waals surface area contributed by atoms with Gasteiger partial charge in [0.25, 0.3) is 0 Å². The molecule has 0 aliphatic rings. The molecule has 114 valence electrons. The zero-order chi connectivity index (χ0) is 15.9. The average Bonchev–Trinajstić information content (AvgIpc) is 2.50. The average molecular weight is 297 g/mol. The van der Waals surface area contributed by atoms with E-state index in [1.54, 1.807) is 25.1 Å². The van der Waals surface area contributed by atoms with Gasteiger partial charge in [0.2, 0.25) is 5.91 Å². The van der Waals surface area contributed by atoms with E-state index in [0.717, 1.165) is 11.1 Å². The summed E-state index contributed by atoms with van der Waals surface area (Å²) < 4.78 is 4.96. The van der Waals surface area contributed by atoms with Gasteiger partial charge in [0, 0.05) is 5.69 Å². The Bertz CT molecular complexity index is 665. The first-order valence-corrected chi connectivity index (χ1v) is 7.21. The fourth-order valence-electron chi connectivity index (χ4n) is 2.12. The van der Waals surface area contributed by atoms with Crippen molar-refractivity contribution in [3.05, 3.63) is 65.2 Å². The zero-order valence-corrected chi connectivity index (χ0v) is 12.8. The third kappa shape index (κ3) is 4.19. The minimum Gasteiger partial charge on any atom is -0.462 e. The summed E-state index contributed by atoms with van der Waals surface area (Å²) in [5.41, 5.74) is 2.97. The molecule has 0 heterocycles. The maximum absolute atomic E-state index is 12.1. The van der Waals surface area contributed by atoms with Crippen molar-refractivity contribution in [3.8, 4) is 0 Å². The third-order valence-electron chi connectivity index (χ3n) is 3.22. The van der Waals surface area contributed by atoms with Gasteiger partial charge >= 0.3 is 5.97 Å². The van der Waals surface area contributed by atoms with Crippen molar-refractivity contribution in [2.24, 2.45) is 0 Å². The Morgan fingerprint density at radius 2 is 1.82 bits per heavy atom. The molecule has 2 aromatic carbocycles. The Morgan fingerprint density at radius 3 is 2.45 bits per heavy atom. The molecule has 0 radical (unpaired) electrons. The summed E-state index contributed by atoms with van der Waals surface area (Å²) in [5, 5.41) is 2.87. The van der Waals surface area contributed by atoms with Crippen LogP contribution in [0.25, 0.3) is 0 Å². The van der Waals surface area contributed by atoms with Crippen molar-refractivity contribution in [1.82, 2.24) is 0 Å². The Morgan fingerprint density at radius 1 is 1.09 bits per heavy atom. The van der Waals surface area contributed by atoms with Crippen molar-refractivity contribution in [3.63, 3.8) is 0 Å². The fraction of sp³-hybridized carbons (Fsp3) is 0.222. The molecule has 0 aromatic heterocycles. The zero-order valence-electron chi connectivity index (χ0n) is 12.8. The van der Waals surface area contributed by atoms with Crippen LogP contribution < -0.4 is 5.32 Å². The van der Waals surface area contributed by atoms with Crippen LogP contribution in [0, 0.1) is 6.92 Å². The van der Waals surface area contributed by atoms with Gasteiger partial charge < -0.3 is 10.1 Å². The number of hydrogen-bond donors (Lipinski definition) is 1. The molecular formula is C18H19NO3. The van der Waals surface area contributed by atoms with Gasteiger partial charge in [-0.1, -0.05) is 30.3 Å². The van der Waals surface area contributed by atoms with E-state index in [1.807, 2.05) is 37.3 Å². The minimum absolute atomic E-state index is 0.0850. The van der Waals surface area contributed by atoms with E-state index >= 15 is 0 Å². The molecule has 0 saturated carbocycles. The van der Waals surface area contributed by atoms with Crippen LogP contribution in [0.4, 0.5) is 5.69 Å². The molecule has 0 spiro atoms. The maximum atomic E-state index is 12.1. The van der Waals surface area contributed by atoms with E-state index < -0.39 is 0 Å². The molecule has 4 nitrogen and oxygen atoms in total. The number of anilines is 1. The quantitative estimate of drug-likeness (QED) is 0.861. The van der Waals surface area contributed by atoms with Gasteiger partial charge in [-0.3, -0.25) is 4.79 Å². The molecule has 0 atom stereocenters. The summed E-state index contributed by atoms with van der Waals surface area (Å²) in [7, 11) is 0. The van der Waals surface area contributed by atoms with Crippen LogP contribution in [-0.2, 0) is 16.0 Å². The highest BCUT2D eigenvalue weighted by atomic mass is 16.5. The molecule has 0 saturated heterocycles. The van der Waals surface area contributed by atoms with Gasteiger partial charge in [-0.25, -0.2) is 4.79 Å². The van der Waals surface area contributed by atoms with E-state index in [4.69, 9.17) is 4.74 Å². The molecule has 0 fully saturated rings. The van der Waals surface area contributed by atoms with Gasteiger partial charge in [0.15, 0.2) is 0 Å². The first-order chi connectivity index (χ1) is 10.6. The highest BCUT2D eigenvalue weighted by Crippen LogP contribution is 2.17. The van der Waals surface area contributed by atoms with Crippen molar-refractivity contribution < 1.29 is 14.3 Å². The topological polar surface area (TPSA) is 55.4 Å². The van der Waals surface area contributed by atoms with Crippen LogP contribution in [0.15, 0.2) is 48.5 Å². The van der Waals surface area contributed by atoms with Crippen LogP contribution in [0.3, 0.4) is 0 Å². The van der Waals surface area contributed by atoms with Crippen LogP contribution in [0.2, 0.25) is 0 Å². The number of ether oxygens (including phenoxy) is 1. The smallest absolute Gasteiger partial charge is 0.338 e. The monoisotopic (exact) mass is 297 g/mol. The molecule has 4 heteroatoms. The molecule has 2 aromatic rings. The Balaban J connectivity index is 2.04. The van der Waals surface area contributed by atoms with E-state index in [2.05, 4.69) is 5.32 Å². The van der Waals surface area contributed by atoms with E-state index in [1.165, 1.54) is 0 Å². The van der Waals surface area contributed by atoms with Gasteiger partial charge in [0.1, 0.15) is 0 Å². The molecule has 2 rings (SSSR count). The second-order valence-electron chi connectivity index (χ2n) is 4.96. The summed E-state index contributed by atoms with van der Waals surface area (Å²) in [6, 6.07) is 14.7. The standard InChI is InChI=1S/C18H19NO3/c1-3-22-18(21)15-9-10-16(13(2)11-15)19-17(20)12-14-7-5-4-6-8-14/h4-11H,3,12H2,1-2H3,(H,19,20). The summed E-state index contributed by atoms with van der Waals surface area (Å²) >= 11 is 0. The number of benzene rings is 2. The Kier molecular flexibility index (Phi) is 5.31. The van der Waals surface area contributed by atoms with Crippen LogP contribution in [-0.4, -0.2) is 18.5 Å². The number of carbonyl (C=O) groups is 2. The second-order valence-corrected chi connectivity index (χ2v) is 4.96. The van der Waals surface area contributed by atoms with Gasteiger partial charge in [0.05, 0.1) is 18.6 Å². The van der Waals surface area contributed by atoms with Crippen molar-refractivity contribution >= 4 is 17.6 Å². The number of nitrogens with one attached hydrogen (secondary N) is 1. The van der Waals surface area contributed by atoms with E-state index in [-0.39, 0.29) is 11.9 Å². The molecule has 22 heavy (non-hydrogen) atoms. The normalized spacial score (nSPS) is 10.1. The first-order valence-electron chi connectivity index (χ1n) is 7.21. The largest absolute Gasteiger partial charge is 0.462 e. The summed E-state index contributed by atoms with van der Waals surface area (Å²) in [6.07, 6.45) is 0.319. The lowest BCUT2D eigenvalue weighted by molar-refractivity contribution is -0.115. The number of hydrogen-bond acceptors (Lipinski definition) is 3. The molecule has 1 N–H and O–H groups in total. The second kappa shape index (κ2) is 7.41. The first kappa shape index (κ1) is 15.8. The van der Waals surface area contributed by atoms with Crippen molar-refractivity contribution in [2.75, 3.05) is 11.9 Å². The number of rotatable bonds is 5. The molecule has 0 bridgehead atoms. The highest BCUT2D eigenvalue weighted by Gasteiger charge is 2.10. The summed E-state index contributed by atoms with van der Waals surface area (Å²) in [4.78, 5) is 23.7. The SMILES string of the molecule is CCOC(=O)c1ccc(NC(=O)Cc2ccccc2)c(C)c1. The highest BCUT2D eigenvalue weighted by molar-refractivity contribution is 5.95. The van der Waals surface area contributed by atoms with Crippen LogP contribution in [0.1, 0.15) is 28.4 Å². The van der Waals surface area contributed by atoms with Crippen molar-refractivity contribution in [1.29, 1.82) is 0 Å².